The number of nitrogens with zero attached hydrogens (tertiary/aromatic N) is 5. The summed E-state index contributed by atoms with van der Waals surface area (Å²) in [7, 11) is 3.86. The second kappa shape index (κ2) is 10.7. The van der Waals surface area contributed by atoms with Crippen LogP contribution in [-0.4, -0.2) is 34.9 Å². The summed E-state index contributed by atoms with van der Waals surface area (Å²) in [4.78, 5) is 30.7. The van der Waals surface area contributed by atoms with Gasteiger partial charge in [-0.15, -0.1) is 0 Å². The standard InChI is InChI=1S/C28H28BrN5O4/c1-28(2,3)27-31-24-13-9-20(29)14-23(24)26(35)33(27)30-16-19-8-12-22(32(4)5)15-25(19)38-17-18-6-10-21(11-7-18)34(36)37/h6-16H,17H2,1-5H3. The van der Waals surface area contributed by atoms with Gasteiger partial charge in [0.2, 0.25) is 0 Å². The number of hydrogen-bond acceptors (Lipinski definition) is 7. The molecule has 0 atom stereocenters. The molecule has 0 saturated carbocycles. The molecule has 0 saturated heterocycles. The molecule has 3 aromatic carbocycles. The van der Waals surface area contributed by atoms with E-state index in [1.54, 1.807) is 24.4 Å². The highest BCUT2D eigenvalue weighted by atomic mass is 79.9. The van der Waals surface area contributed by atoms with Crippen LogP contribution >= 0.6 is 15.9 Å². The molecule has 10 heteroatoms. The Morgan fingerprint density at radius 3 is 2.45 bits per heavy atom. The van der Waals surface area contributed by atoms with E-state index in [-0.39, 0.29) is 17.9 Å². The van der Waals surface area contributed by atoms with Gasteiger partial charge in [0.1, 0.15) is 18.2 Å². The molecule has 0 aliphatic carbocycles. The Hall–Kier alpha value is -4.05. The normalized spacial score (nSPS) is 11.7. The Balaban J connectivity index is 1.74. The quantitative estimate of drug-likeness (QED) is 0.154. The number of ether oxygens (including phenoxy) is 1. The fraction of sp³-hybridized carbons (Fsp3) is 0.250. The third-order valence-corrected chi connectivity index (χ3v) is 6.34. The van der Waals surface area contributed by atoms with Crippen molar-refractivity contribution < 1.29 is 9.66 Å². The minimum Gasteiger partial charge on any atom is -0.488 e. The molecule has 0 spiro atoms. The van der Waals surface area contributed by atoms with E-state index in [1.165, 1.54) is 16.8 Å². The molecule has 1 aromatic heterocycles. The van der Waals surface area contributed by atoms with E-state index in [0.717, 1.165) is 15.7 Å². The molecule has 0 aliphatic heterocycles. The number of halogens is 1. The zero-order chi connectivity index (χ0) is 27.6. The summed E-state index contributed by atoms with van der Waals surface area (Å²) < 4.78 is 8.24. The number of anilines is 1. The fourth-order valence-corrected chi connectivity index (χ4v) is 4.13. The number of aromatic nitrogens is 2. The third kappa shape index (κ3) is 5.91. The first-order chi connectivity index (χ1) is 17.9. The maximum Gasteiger partial charge on any atom is 0.282 e. The summed E-state index contributed by atoms with van der Waals surface area (Å²) in [6.45, 7) is 6.15. The predicted molar refractivity (Wildman–Crippen MR) is 154 cm³/mol. The molecular formula is C28H28BrN5O4. The van der Waals surface area contributed by atoms with E-state index in [2.05, 4.69) is 21.0 Å². The van der Waals surface area contributed by atoms with Crippen molar-refractivity contribution in [1.82, 2.24) is 9.66 Å². The number of non-ortho nitro benzene ring substituents is 1. The molecule has 0 N–H and O–H groups in total. The molecule has 0 bridgehead atoms. The van der Waals surface area contributed by atoms with Gasteiger partial charge in [-0.2, -0.15) is 9.78 Å². The van der Waals surface area contributed by atoms with Crippen LogP contribution in [0.2, 0.25) is 0 Å². The Morgan fingerprint density at radius 2 is 1.82 bits per heavy atom. The van der Waals surface area contributed by atoms with Crippen LogP contribution in [0, 0.1) is 10.1 Å². The highest BCUT2D eigenvalue weighted by molar-refractivity contribution is 9.10. The van der Waals surface area contributed by atoms with Crippen LogP contribution in [0.1, 0.15) is 37.7 Å². The molecular weight excluding hydrogens is 550 g/mol. The molecule has 196 valence electrons. The van der Waals surface area contributed by atoms with Crippen molar-refractivity contribution in [2.24, 2.45) is 5.10 Å². The van der Waals surface area contributed by atoms with Gasteiger partial charge in [-0.3, -0.25) is 14.9 Å². The molecule has 0 aliphatic rings. The van der Waals surface area contributed by atoms with Gasteiger partial charge < -0.3 is 9.64 Å². The van der Waals surface area contributed by atoms with Gasteiger partial charge >= 0.3 is 0 Å². The molecule has 38 heavy (non-hydrogen) atoms. The maximum absolute atomic E-state index is 13.5. The summed E-state index contributed by atoms with van der Waals surface area (Å²) in [6.07, 6.45) is 1.59. The first-order valence-corrected chi connectivity index (χ1v) is 12.7. The summed E-state index contributed by atoms with van der Waals surface area (Å²) in [5.41, 5.74) is 2.29. The van der Waals surface area contributed by atoms with Crippen molar-refractivity contribution in [3.05, 3.63) is 103 Å². The molecule has 0 amide bonds. The van der Waals surface area contributed by atoms with E-state index < -0.39 is 10.3 Å². The Bertz CT molecular complexity index is 1590. The van der Waals surface area contributed by atoms with Gasteiger partial charge in [0.05, 0.1) is 22.0 Å². The first-order valence-electron chi connectivity index (χ1n) is 11.9. The van der Waals surface area contributed by atoms with Crippen molar-refractivity contribution in [1.29, 1.82) is 0 Å². The molecule has 9 nitrogen and oxygen atoms in total. The predicted octanol–water partition coefficient (Wildman–Crippen LogP) is 5.89. The van der Waals surface area contributed by atoms with Crippen molar-refractivity contribution in [3.8, 4) is 5.75 Å². The Morgan fingerprint density at radius 1 is 1.11 bits per heavy atom. The topological polar surface area (TPSA) is 103 Å². The number of fused-ring (bicyclic) bond motifs is 1. The monoisotopic (exact) mass is 577 g/mol. The van der Waals surface area contributed by atoms with Crippen LogP contribution in [0.4, 0.5) is 11.4 Å². The van der Waals surface area contributed by atoms with E-state index >= 15 is 0 Å². The van der Waals surface area contributed by atoms with Gasteiger partial charge in [0.15, 0.2) is 0 Å². The minimum absolute atomic E-state index is 0.0206. The maximum atomic E-state index is 13.5. The number of benzene rings is 3. The lowest BCUT2D eigenvalue weighted by molar-refractivity contribution is -0.384. The fourth-order valence-electron chi connectivity index (χ4n) is 3.77. The second-order valence-corrected chi connectivity index (χ2v) is 11.0. The van der Waals surface area contributed by atoms with Crippen molar-refractivity contribution >= 4 is 44.4 Å². The zero-order valence-corrected chi connectivity index (χ0v) is 23.4. The smallest absolute Gasteiger partial charge is 0.282 e. The van der Waals surface area contributed by atoms with Crippen LogP contribution in [0.3, 0.4) is 0 Å². The molecule has 1 heterocycles. The SMILES string of the molecule is CN(C)c1ccc(C=Nn2c(C(C)(C)C)nc3ccc(Br)cc3c2=O)c(OCc2ccc([N+](=O)[O-])cc2)c1. The van der Waals surface area contributed by atoms with Crippen LogP contribution < -0.4 is 15.2 Å². The number of nitro benzene ring substituents is 1. The first kappa shape index (κ1) is 27.0. The van der Waals surface area contributed by atoms with Crippen molar-refractivity contribution in [2.75, 3.05) is 19.0 Å². The van der Waals surface area contributed by atoms with E-state index in [1.807, 2.05) is 70.1 Å². The minimum atomic E-state index is -0.443. The van der Waals surface area contributed by atoms with Crippen LogP contribution in [0.25, 0.3) is 10.9 Å². The lowest BCUT2D eigenvalue weighted by atomic mass is 9.95. The molecule has 0 radical (unpaired) electrons. The number of hydrogen-bond donors (Lipinski definition) is 0. The van der Waals surface area contributed by atoms with Crippen LogP contribution in [-0.2, 0) is 12.0 Å². The second-order valence-electron chi connectivity index (χ2n) is 10.0. The summed E-state index contributed by atoms with van der Waals surface area (Å²) in [5, 5.41) is 16.0. The summed E-state index contributed by atoms with van der Waals surface area (Å²) in [5.74, 6) is 1.09. The third-order valence-electron chi connectivity index (χ3n) is 5.85. The van der Waals surface area contributed by atoms with Gasteiger partial charge in [-0.25, -0.2) is 4.98 Å². The molecule has 4 aromatic rings. The van der Waals surface area contributed by atoms with E-state index in [9.17, 15) is 14.9 Å². The lowest BCUT2D eigenvalue weighted by Crippen LogP contribution is -2.29. The Labute approximate surface area is 228 Å². The number of rotatable bonds is 7. The van der Waals surface area contributed by atoms with E-state index in [0.29, 0.717) is 28.0 Å². The molecule has 0 fully saturated rings. The Kier molecular flexibility index (Phi) is 7.63. The van der Waals surface area contributed by atoms with Gasteiger partial charge in [-0.05, 0) is 48.0 Å². The van der Waals surface area contributed by atoms with Gasteiger partial charge in [0.25, 0.3) is 11.2 Å². The van der Waals surface area contributed by atoms with Crippen LogP contribution in [0.15, 0.2) is 75.0 Å². The summed E-state index contributed by atoms with van der Waals surface area (Å²) in [6, 6.07) is 17.3. The van der Waals surface area contributed by atoms with Crippen LogP contribution in [0.5, 0.6) is 5.75 Å². The highest BCUT2D eigenvalue weighted by Gasteiger charge is 2.23. The molecule has 0 unspecified atom stereocenters. The van der Waals surface area contributed by atoms with Crippen molar-refractivity contribution in [2.45, 2.75) is 32.8 Å². The number of nitro groups is 1. The van der Waals surface area contributed by atoms with Gasteiger partial charge in [0, 0.05) is 53.4 Å². The van der Waals surface area contributed by atoms with E-state index in [4.69, 9.17) is 9.72 Å². The summed E-state index contributed by atoms with van der Waals surface area (Å²) >= 11 is 3.43. The lowest BCUT2D eigenvalue weighted by Gasteiger charge is -2.21. The van der Waals surface area contributed by atoms with Gasteiger partial charge in [-0.1, -0.05) is 36.7 Å². The zero-order valence-electron chi connectivity index (χ0n) is 21.8. The average molecular weight is 578 g/mol. The highest BCUT2D eigenvalue weighted by Crippen LogP contribution is 2.26. The van der Waals surface area contributed by atoms with Crippen molar-refractivity contribution in [3.63, 3.8) is 0 Å². The average Bonchev–Trinajstić information content (AvgIpc) is 2.87. The molecule has 4 rings (SSSR count). The largest absolute Gasteiger partial charge is 0.488 e.